The predicted molar refractivity (Wildman–Crippen MR) is 70.6 cm³/mol. The van der Waals surface area contributed by atoms with Crippen molar-refractivity contribution in [2.24, 2.45) is 0 Å². The zero-order valence-electron chi connectivity index (χ0n) is 10.9. The van der Waals surface area contributed by atoms with Crippen molar-refractivity contribution >= 4 is 23.4 Å². The van der Waals surface area contributed by atoms with Gasteiger partial charge in [-0.2, -0.15) is 0 Å². The standard InChI is InChI=1S/C12H16ClN3O3/c1-3-8-7-19-5-4-16(8)10-6-9(11(17)18-2)14-12(13)15-10/h6,8H,3-5,7H2,1-2H3/t8-/m0/s1. The molecule has 104 valence electrons. The smallest absolute Gasteiger partial charge is 0.356 e. The molecule has 0 aromatic carbocycles. The summed E-state index contributed by atoms with van der Waals surface area (Å²) in [6.45, 7) is 4.07. The Hall–Kier alpha value is -1.40. The molecule has 0 spiro atoms. The third-order valence-electron chi connectivity index (χ3n) is 3.07. The fourth-order valence-corrected chi connectivity index (χ4v) is 2.23. The van der Waals surface area contributed by atoms with Crippen LogP contribution in [-0.4, -0.2) is 48.8 Å². The summed E-state index contributed by atoms with van der Waals surface area (Å²) in [6.07, 6.45) is 0.926. The van der Waals surface area contributed by atoms with Crippen LogP contribution in [0.2, 0.25) is 5.28 Å². The highest BCUT2D eigenvalue weighted by molar-refractivity contribution is 6.28. The lowest BCUT2D eigenvalue weighted by Gasteiger charge is -2.36. The quantitative estimate of drug-likeness (QED) is 0.620. The predicted octanol–water partition coefficient (Wildman–Crippen LogP) is 1.53. The molecule has 6 nitrogen and oxygen atoms in total. The molecule has 1 aliphatic heterocycles. The van der Waals surface area contributed by atoms with Crippen molar-refractivity contribution in [1.82, 2.24) is 9.97 Å². The maximum Gasteiger partial charge on any atom is 0.356 e. The van der Waals surface area contributed by atoms with Gasteiger partial charge in [0, 0.05) is 12.6 Å². The number of nitrogens with zero attached hydrogens (tertiary/aromatic N) is 3. The van der Waals surface area contributed by atoms with Crippen molar-refractivity contribution in [3.05, 3.63) is 17.0 Å². The molecular formula is C12H16ClN3O3. The molecule has 1 saturated heterocycles. The molecule has 0 unspecified atom stereocenters. The minimum absolute atomic E-state index is 0.0410. The second-order valence-electron chi connectivity index (χ2n) is 4.20. The van der Waals surface area contributed by atoms with E-state index in [2.05, 4.69) is 26.5 Å². The molecule has 0 bridgehead atoms. The number of carbonyl (C=O) groups is 1. The number of aromatic nitrogens is 2. The Morgan fingerprint density at radius 3 is 3.11 bits per heavy atom. The molecule has 0 N–H and O–H groups in total. The van der Waals surface area contributed by atoms with Gasteiger partial charge >= 0.3 is 5.97 Å². The highest BCUT2D eigenvalue weighted by atomic mass is 35.5. The number of hydrogen-bond acceptors (Lipinski definition) is 6. The van der Waals surface area contributed by atoms with E-state index in [9.17, 15) is 4.79 Å². The van der Waals surface area contributed by atoms with Crippen molar-refractivity contribution in [2.45, 2.75) is 19.4 Å². The van der Waals surface area contributed by atoms with E-state index in [4.69, 9.17) is 16.3 Å². The van der Waals surface area contributed by atoms with E-state index in [0.717, 1.165) is 6.42 Å². The lowest BCUT2D eigenvalue weighted by atomic mass is 10.1. The number of halogens is 1. The lowest BCUT2D eigenvalue weighted by molar-refractivity contribution is 0.0593. The molecule has 0 radical (unpaired) electrons. The topological polar surface area (TPSA) is 64.5 Å². The van der Waals surface area contributed by atoms with E-state index in [1.807, 2.05) is 0 Å². The second kappa shape index (κ2) is 6.16. The van der Waals surface area contributed by atoms with Crippen molar-refractivity contribution in [2.75, 3.05) is 31.8 Å². The highest BCUT2D eigenvalue weighted by Crippen LogP contribution is 2.21. The molecular weight excluding hydrogens is 270 g/mol. The van der Waals surface area contributed by atoms with Crippen LogP contribution in [0.15, 0.2) is 6.07 Å². The summed E-state index contributed by atoms with van der Waals surface area (Å²) < 4.78 is 10.1. The molecule has 1 aliphatic rings. The zero-order chi connectivity index (χ0) is 13.8. The normalized spacial score (nSPS) is 19.3. The maximum absolute atomic E-state index is 11.5. The van der Waals surface area contributed by atoms with Crippen molar-refractivity contribution < 1.29 is 14.3 Å². The van der Waals surface area contributed by atoms with E-state index in [0.29, 0.717) is 25.6 Å². The summed E-state index contributed by atoms with van der Waals surface area (Å²) in [7, 11) is 1.31. The fraction of sp³-hybridized carbons (Fsp3) is 0.583. The SMILES string of the molecule is CC[C@H]1COCCN1c1cc(C(=O)OC)nc(Cl)n1. The summed E-state index contributed by atoms with van der Waals surface area (Å²) in [4.78, 5) is 21.7. The molecule has 1 fully saturated rings. The number of hydrogen-bond donors (Lipinski definition) is 0. The Balaban J connectivity index is 2.32. The Morgan fingerprint density at radius 1 is 1.63 bits per heavy atom. The van der Waals surface area contributed by atoms with Crippen LogP contribution in [0.1, 0.15) is 23.8 Å². The first-order valence-corrected chi connectivity index (χ1v) is 6.50. The van der Waals surface area contributed by atoms with E-state index < -0.39 is 5.97 Å². The van der Waals surface area contributed by atoms with E-state index in [1.165, 1.54) is 7.11 Å². The van der Waals surface area contributed by atoms with Gasteiger partial charge in [0.2, 0.25) is 5.28 Å². The summed E-state index contributed by atoms with van der Waals surface area (Å²) >= 11 is 5.87. The summed E-state index contributed by atoms with van der Waals surface area (Å²) in [5.74, 6) is 0.113. The van der Waals surface area contributed by atoms with Crippen LogP contribution in [-0.2, 0) is 9.47 Å². The van der Waals surface area contributed by atoms with Gasteiger partial charge in [-0.1, -0.05) is 6.92 Å². The van der Waals surface area contributed by atoms with Crippen LogP contribution in [0.3, 0.4) is 0 Å². The molecule has 7 heteroatoms. The van der Waals surface area contributed by atoms with E-state index >= 15 is 0 Å². The van der Waals surface area contributed by atoms with Crippen LogP contribution in [0.25, 0.3) is 0 Å². The summed E-state index contributed by atoms with van der Waals surface area (Å²) in [6, 6.07) is 1.83. The molecule has 2 rings (SSSR count). The van der Waals surface area contributed by atoms with Crippen LogP contribution in [0, 0.1) is 0 Å². The molecule has 0 aliphatic carbocycles. The molecule has 0 amide bonds. The van der Waals surface area contributed by atoms with Crippen LogP contribution >= 0.6 is 11.6 Å². The van der Waals surface area contributed by atoms with Crippen LogP contribution < -0.4 is 4.90 Å². The number of methoxy groups -OCH3 is 1. The zero-order valence-corrected chi connectivity index (χ0v) is 11.7. The monoisotopic (exact) mass is 285 g/mol. The maximum atomic E-state index is 11.5. The number of carbonyl (C=O) groups excluding carboxylic acids is 1. The first-order valence-electron chi connectivity index (χ1n) is 6.13. The Bertz CT molecular complexity index is 470. The van der Waals surface area contributed by atoms with Crippen molar-refractivity contribution in [1.29, 1.82) is 0 Å². The van der Waals surface area contributed by atoms with Gasteiger partial charge in [0.15, 0.2) is 5.69 Å². The third kappa shape index (κ3) is 3.13. The average Bonchev–Trinajstić information content (AvgIpc) is 2.45. The third-order valence-corrected chi connectivity index (χ3v) is 3.24. The average molecular weight is 286 g/mol. The first-order chi connectivity index (χ1) is 9.15. The number of rotatable bonds is 3. The van der Waals surface area contributed by atoms with Gasteiger partial charge in [0.25, 0.3) is 0 Å². The molecule has 19 heavy (non-hydrogen) atoms. The van der Waals surface area contributed by atoms with Crippen molar-refractivity contribution in [3.63, 3.8) is 0 Å². The molecule has 1 aromatic rings. The lowest BCUT2D eigenvalue weighted by Crippen LogP contribution is -2.45. The van der Waals surface area contributed by atoms with Gasteiger partial charge < -0.3 is 14.4 Å². The minimum atomic E-state index is -0.521. The number of esters is 1. The first kappa shape index (κ1) is 14.0. The van der Waals surface area contributed by atoms with Gasteiger partial charge in [0.05, 0.1) is 26.4 Å². The van der Waals surface area contributed by atoms with Gasteiger partial charge in [-0.3, -0.25) is 0 Å². The Morgan fingerprint density at radius 2 is 2.42 bits per heavy atom. The van der Waals surface area contributed by atoms with E-state index in [1.54, 1.807) is 6.07 Å². The molecule has 0 saturated carbocycles. The van der Waals surface area contributed by atoms with Crippen molar-refractivity contribution in [3.8, 4) is 0 Å². The minimum Gasteiger partial charge on any atom is -0.464 e. The number of anilines is 1. The Kier molecular flexibility index (Phi) is 4.55. The van der Waals surface area contributed by atoms with Gasteiger partial charge in [-0.25, -0.2) is 14.8 Å². The fourth-order valence-electron chi connectivity index (χ4n) is 2.06. The molecule has 1 atom stereocenters. The second-order valence-corrected chi connectivity index (χ2v) is 4.54. The molecule has 1 aromatic heterocycles. The van der Waals surface area contributed by atoms with Gasteiger partial charge in [-0.05, 0) is 18.0 Å². The summed E-state index contributed by atoms with van der Waals surface area (Å²) in [5, 5.41) is 0.0410. The largest absolute Gasteiger partial charge is 0.464 e. The van der Waals surface area contributed by atoms with Gasteiger partial charge in [0.1, 0.15) is 5.82 Å². The van der Waals surface area contributed by atoms with Gasteiger partial charge in [-0.15, -0.1) is 0 Å². The number of morpholine rings is 1. The molecule has 2 heterocycles. The van der Waals surface area contributed by atoms with Crippen LogP contribution in [0.5, 0.6) is 0 Å². The van der Waals surface area contributed by atoms with Crippen LogP contribution in [0.4, 0.5) is 5.82 Å². The number of ether oxygens (including phenoxy) is 2. The van der Waals surface area contributed by atoms with E-state index in [-0.39, 0.29) is 17.0 Å². The Labute approximate surface area is 116 Å². The highest BCUT2D eigenvalue weighted by Gasteiger charge is 2.24. The summed E-state index contributed by atoms with van der Waals surface area (Å²) in [5.41, 5.74) is 0.166.